The molecule has 0 aliphatic carbocycles. The molecule has 41 heavy (non-hydrogen) atoms. The van der Waals surface area contributed by atoms with Gasteiger partial charge >= 0.3 is 30.7 Å². The number of hydrogen-bond acceptors (Lipinski definition) is 4. The molecule has 2 amide bonds. The van der Waals surface area contributed by atoms with E-state index in [0.29, 0.717) is 11.6 Å². The van der Waals surface area contributed by atoms with Crippen LogP contribution in [0.4, 0.5) is 39.9 Å². The van der Waals surface area contributed by atoms with Gasteiger partial charge in [-0.2, -0.15) is 30.7 Å². The molecule has 0 spiro atoms. The Morgan fingerprint density at radius 1 is 0.878 bits per heavy atom. The molecule has 0 heterocycles. The van der Waals surface area contributed by atoms with Gasteiger partial charge in [-0.25, -0.2) is 14.0 Å². The molecule has 0 saturated heterocycles. The lowest BCUT2D eigenvalue weighted by Crippen LogP contribution is -2.53. The van der Waals surface area contributed by atoms with Crippen LogP contribution in [0, 0.1) is 5.82 Å². The lowest BCUT2D eigenvalue weighted by molar-refractivity contribution is -0.253. The number of carbonyl (C=O) groups excluding carboxylic acids is 2. The molecule has 0 fully saturated rings. The molecule has 0 bridgehead atoms. The van der Waals surface area contributed by atoms with Crippen molar-refractivity contribution in [1.29, 1.82) is 0 Å². The first-order valence-corrected chi connectivity index (χ1v) is 11.7. The molecule has 0 unspecified atom stereocenters. The van der Waals surface area contributed by atoms with E-state index < -0.39 is 54.4 Å². The highest BCUT2D eigenvalue weighted by Crippen LogP contribution is 2.38. The van der Waals surface area contributed by atoms with E-state index in [9.17, 15) is 44.7 Å². The van der Waals surface area contributed by atoms with Crippen LogP contribution in [-0.4, -0.2) is 44.4 Å². The highest BCUT2D eigenvalue weighted by molar-refractivity contribution is 5.89. The minimum Gasteiger partial charge on any atom is -0.465 e. The molecule has 0 aliphatic rings. The Kier molecular flexibility index (Phi) is 9.46. The van der Waals surface area contributed by atoms with Crippen LogP contribution >= 0.6 is 0 Å². The summed E-state index contributed by atoms with van der Waals surface area (Å²) in [5.41, 5.74) is -1.86. The fourth-order valence-corrected chi connectivity index (χ4v) is 3.96. The van der Waals surface area contributed by atoms with Gasteiger partial charge in [-0.1, -0.05) is 42.5 Å². The summed E-state index contributed by atoms with van der Waals surface area (Å²) in [6, 6.07) is 13.5. The molecule has 0 radical (unpaired) electrons. The largest absolute Gasteiger partial charge is 0.465 e. The predicted molar refractivity (Wildman–Crippen MR) is 129 cm³/mol. The Bertz CT molecular complexity index is 1350. The van der Waals surface area contributed by atoms with Crippen molar-refractivity contribution in [3.63, 3.8) is 0 Å². The summed E-state index contributed by atoms with van der Waals surface area (Å²) in [4.78, 5) is 24.8. The van der Waals surface area contributed by atoms with Crippen molar-refractivity contribution in [2.75, 3.05) is 13.7 Å². The van der Waals surface area contributed by atoms with Gasteiger partial charge in [0.25, 0.3) is 0 Å². The first-order chi connectivity index (χ1) is 19.1. The van der Waals surface area contributed by atoms with Gasteiger partial charge in [-0.3, -0.25) is 0 Å². The molecule has 3 aromatic carbocycles. The molecule has 0 saturated carbocycles. The van der Waals surface area contributed by atoms with Gasteiger partial charge in [-0.05, 0) is 41.0 Å². The molecule has 14 heteroatoms. The molecular weight excluding hydrogens is 568 g/mol. The molecule has 220 valence electrons. The normalized spacial score (nSPS) is 13.3. The zero-order valence-corrected chi connectivity index (χ0v) is 21.1. The number of methoxy groups -OCH3 is 1. The molecule has 6 nitrogen and oxygen atoms in total. The number of rotatable bonds is 10. The SMILES string of the molecule is COC(=O)c1ccc([C@@](Cc2ccccc2)(NC(=O)NCC(F)(F)F)c2cc(F)cc(OC(F)(F)C(F)F)c2)cc1. The second-order valence-corrected chi connectivity index (χ2v) is 8.70. The Labute approximate surface area is 228 Å². The third-order valence-electron chi connectivity index (χ3n) is 5.76. The first-order valence-electron chi connectivity index (χ1n) is 11.7. The lowest BCUT2D eigenvalue weighted by atomic mass is 9.77. The second kappa shape index (κ2) is 12.4. The number of alkyl halides is 7. The average molecular weight is 590 g/mol. The van der Waals surface area contributed by atoms with Crippen LogP contribution in [0.15, 0.2) is 72.8 Å². The summed E-state index contributed by atoms with van der Waals surface area (Å²) in [5.74, 6) is -3.05. The minimum atomic E-state index is -5.02. The highest BCUT2D eigenvalue weighted by Gasteiger charge is 2.45. The Morgan fingerprint density at radius 3 is 2.07 bits per heavy atom. The van der Waals surface area contributed by atoms with Crippen molar-refractivity contribution in [1.82, 2.24) is 10.6 Å². The maximum Gasteiger partial charge on any atom is 0.461 e. The lowest BCUT2D eigenvalue weighted by Gasteiger charge is -2.37. The van der Waals surface area contributed by atoms with Crippen molar-refractivity contribution in [2.24, 2.45) is 0 Å². The van der Waals surface area contributed by atoms with Gasteiger partial charge in [0.15, 0.2) is 0 Å². The quantitative estimate of drug-likeness (QED) is 0.218. The van der Waals surface area contributed by atoms with Gasteiger partial charge in [0.1, 0.15) is 18.1 Å². The van der Waals surface area contributed by atoms with E-state index in [1.54, 1.807) is 35.6 Å². The molecule has 2 N–H and O–H groups in total. The Hall–Kier alpha value is -4.36. The van der Waals surface area contributed by atoms with E-state index in [1.807, 2.05) is 0 Å². The van der Waals surface area contributed by atoms with Crippen molar-refractivity contribution >= 4 is 12.0 Å². The number of nitrogens with one attached hydrogen (secondary N) is 2. The van der Waals surface area contributed by atoms with Crippen molar-refractivity contribution in [3.8, 4) is 5.75 Å². The Morgan fingerprint density at radius 2 is 1.51 bits per heavy atom. The maximum atomic E-state index is 14.8. The van der Waals surface area contributed by atoms with Gasteiger partial charge in [0.2, 0.25) is 0 Å². The van der Waals surface area contributed by atoms with E-state index in [0.717, 1.165) is 19.2 Å². The maximum absolute atomic E-state index is 14.8. The second-order valence-electron chi connectivity index (χ2n) is 8.70. The van der Waals surface area contributed by atoms with Gasteiger partial charge in [0.05, 0.1) is 18.2 Å². The number of hydrogen-bond donors (Lipinski definition) is 2. The zero-order chi connectivity index (χ0) is 30.4. The third kappa shape index (κ3) is 8.08. The molecule has 1 atom stereocenters. The highest BCUT2D eigenvalue weighted by atomic mass is 19.4. The van der Waals surface area contributed by atoms with Gasteiger partial charge < -0.3 is 20.1 Å². The van der Waals surface area contributed by atoms with Gasteiger partial charge in [-0.15, -0.1) is 0 Å². The number of carbonyl (C=O) groups is 2. The Balaban J connectivity index is 2.25. The zero-order valence-electron chi connectivity index (χ0n) is 21.1. The van der Waals surface area contributed by atoms with E-state index in [2.05, 4.69) is 14.8 Å². The smallest absolute Gasteiger partial charge is 0.461 e. The van der Waals surface area contributed by atoms with Crippen molar-refractivity contribution in [2.45, 2.75) is 30.7 Å². The van der Waals surface area contributed by atoms with Crippen LogP contribution in [0.25, 0.3) is 0 Å². The number of ether oxygens (including phenoxy) is 2. The van der Waals surface area contributed by atoms with E-state index in [4.69, 9.17) is 0 Å². The van der Waals surface area contributed by atoms with Crippen molar-refractivity contribution < 1.29 is 54.2 Å². The summed E-state index contributed by atoms with van der Waals surface area (Å²) in [7, 11) is 1.12. The summed E-state index contributed by atoms with van der Waals surface area (Å²) < 4.78 is 115. The van der Waals surface area contributed by atoms with Crippen LogP contribution in [-0.2, 0) is 16.7 Å². The summed E-state index contributed by atoms with van der Waals surface area (Å²) in [6.45, 7) is -1.75. The predicted octanol–water partition coefficient (Wildman–Crippen LogP) is 6.20. The third-order valence-corrected chi connectivity index (χ3v) is 5.76. The fourth-order valence-electron chi connectivity index (χ4n) is 3.96. The van der Waals surface area contributed by atoms with Crippen LogP contribution in [0.5, 0.6) is 5.75 Å². The van der Waals surface area contributed by atoms with Crippen LogP contribution in [0.3, 0.4) is 0 Å². The first kappa shape index (κ1) is 31.2. The average Bonchev–Trinajstić information content (AvgIpc) is 2.90. The standard InChI is InChI=1S/C27H22F8N2O4/c1-40-22(38)17-7-9-18(10-8-17)25(14-16-5-3-2-4-6-16,37-24(39)36-15-26(31,32)33)19-11-20(28)13-21(12-19)41-27(34,35)23(29)30/h2-13,23H,14-15H2,1H3,(H2,36,37,39)/t25-/m1/s1. The van der Waals surface area contributed by atoms with Crippen LogP contribution in [0.1, 0.15) is 27.0 Å². The summed E-state index contributed by atoms with van der Waals surface area (Å²) in [5, 5.41) is 3.99. The monoisotopic (exact) mass is 590 g/mol. The molecule has 0 aromatic heterocycles. The number of benzene rings is 3. The summed E-state index contributed by atoms with van der Waals surface area (Å²) >= 11 is 0. The van der Waals surface area contributed by atoms with Crippen LogP contribution in [0.2, 0.25) is 0 Å². The summed E-state index contributed by atoms with van der Waals surface area (Å²) in [6.07, 6.45) is -14.4. The number of esters is 1. The number of urea groups is 1. The van der Waals surface area contributed by atoms with E-state index >= 15 is 0 Å². The molecule has 0 aliphatic heterocycles. The molecule has 3 aromatic rings. The van der Waals surface area contributed by atoms with Crippen molar-refractivity contribution in [3.05, 3.63) is 101 Å². The molecular formula is C27H22F8N2O4. The molecule has 3 rings (SSSR count). The fraction of sp³-hybridized carbons (Fsp3) is 0.259. The topological polar surface area (TPSA) is 76.7 Å². The number of halogens is 8. The van der Waals surface area contributed by atoms with Gasteiger partial charge in [0, 0.05) is 12.5 Å². The minimum absolute atomic E-state index is 0.0335. The number of amides is 2. The van der Waals surface area contributed by atoms with Crippen LogP contribution < -0.4 is 15.4 Å². The van der Waals surface area contributed by atoms with E-state index in [-0.39, 0.29) is 23.1 Å². The van der Waals surface area contributed by atoms with E-state index in [1.165, 1.54) is 24.3 Å².